The molecule has 0 saturated heterocycles. The highest BCUT2D eigenvalue weighted by atomic mass is 28.2. The van der Waals surface area contributed by atoms with Crippen molar-refractivity contribution in [1.82, 2.24) is 0 Å². The summed E-state index contributed by atoms with van der Waals surface area (Å²) in [7, 11) is 0.864. The summed E-state index contributed by atoms with van der Waals surface area (Å²) in [6.45, 7) is 5.93. The largest absolute Gasteiger partial charge is 0.0985 e. The predicted molar refractivity (Wildman–Crippen MR) is 47.8 cm³/mol. The molecule has 0 unspecified atom stereocenters. The average Bonchev–Trinajstić information content (AvgIpc) is 2.04. The zero-order chi connectivity index (χ0) is 7.40. The molecule has 0 atom stereocenters. The fourth-order valence-corrected chi connectivity index (χ4v) is 1.64. The van der Waals surface area contributed by atoms with Crippen molar-refractivity contribution >= 4 is 20.8 Å². The van der Waals surface area contributed by atoms with Crippen LogP contribution in [0.3, 0.4) is 0 Å². The van der Waals surface area contributed by atoms with Crippen LogP contribution in [0, 0.1) is 0 Å². The van der Waals surface area contributed by atoms with Crippen LogP contribution < -0.4 is 5.19 Å². The van der Waals surface area contributed by atoms with Gasteiger partial charge in [-0.15, -0.1) is 0 Å². The Hall–Kier alpha value is -0.823. The molecule has 0 aliphatic rings. The third-order valence-corrected chi connectivity index (χ3v) is 2.44. The molecule has 1 aromatic carbocycles. The summed E-state index contributed by atoms with van der Waals surface area (Å²) in [5.41, 5.74) is 1.27. The van der Waals surface area contributed by atoms with E-state index < -0.39 is 0 Å². The summed E-state index contributed by atoms with van der Waals surface area (Å²) in [6.07, 6.45) is 1.91. The molecular weight excluding hydrogens is 136 g/mol. The van der Waals surface area contributed by atoms with Crippen molar-refractivity contribution in [2.24, 2.45) is 0 Å². The quantitative estimate of drug-likeness (QED) is 0.557. The Balaban J connectivity index is 3.08. The summed E-state index contributed by atoms with van der Waals surface area (Å²) < 4.78 is 0. The zero-order valence-corrected chi connectivity index (χ0v) is 7.09. The van der Waals surface area contributed by atoms with E-state index in [0.29, 0.717) is 0 Å². The second-order valence-corrected chi connectivity index (χ2v) is 3.08. The molecule has 1 heteroatoms. The van der Waals surface area contributed by atoms with Crippen LogP contribution in [0.1, 0.15) is 5.56 Å². The average molecular weight is 146 g/mol. The van der Waals surface area contributed by atoms with Crippen LogP contribution in [0.15, 0.2) is 30.8 Å². The van der Waals surface area contributed by atoms with Crippen LogP contribution in [-0.2, 0) is 0 Å². The SMILES string of the molecule is C=Cc1ccccc1[Si]C. The second kappa shape index (κ2) is 3.37. The molecular formula is C9H10Si. The van der Waals surface area contributed by atoms with Crippen molar-refractivity contribution < 1.29 is 0 Å². The summed E-state index contributed by atoms with van der Waals surface area (Å²) in [5, 5.41) is 1.40. The maximum atomic E-state index is 3.74. The van der Waals surface area contributed by atoms with E-state index in [1.54, 1.807) is 0 Å². The van der Waals surface area contributed by atoms with Gasteiger partial charge < -0.3 is 0 Å². The van der Waals surface area contributed by atoms with E-state index in [1.807, 2.05) is 12.1 Å². The molecule has 0 fully saturated rings. The van der Waals surface area contributed by atoms with Gasteiger partial charge in [-0.25, -0.2) is 0 Å². The van der Waals surface area contributed by atoms with E-state index >= 15 is 0 Å². The first-order valence-electron chi connectivity index (χ1n) is 3.27. The van der Waals surface area contributed by atoms with Gasteiger partial charge in [0, 0.05) is 0 Å². The second-order valence-electron chi connectivity index (χ2n) is 2.04. The van der Waals surface area contributed by atoms with Gasteiger partial charge in [0.2, 0.25) is 0 Å². The minimum atomic E-state index is 0.864. The van der Waals surface area contributed by atoms with E-state index in [0.717, 1.165) is 9.52 Å². The molecule has 0 aliphatic carbocycles. The first kappa shape index (κ1) is 7.29. The highest BCUT2D eigenvalue weighted by molar-refractivity contribution is 6.53. The molecule has 50 valence electrons. The highest BCUT2D eigenvalue weighted by Crippen LogP contribution is 1.95. The third kappa shape index (κ3) is 1.36. The standard InChI is InChI=1S/C9H10Si/c1-3-8-6-4-5-7-9(8)10-2/h3-7H,1H2,2H3. The van der Waals surface area contributed by atoms with Crippen LogP contribution in [0.4, 0.5) is 0 Å². The lowest BCUT2D eigenvalue weighted by Gasteiger charge is -1.99. The minimum absolute atomic E-state index is 0.864. The van der Waals surface area contributed by atoms with Gasteiger partial charge >= 0.3 is 0 Å². The summed E-state index contributed by atoms with van der Waals surface area (Å²) in [6, 6.07) is 8.35. The number of hydrogen-bond donors (Lipinski definition) is 0. The lowest BCUT2D eigenvalue weighted by atomic mass is 10.2. The first-order valence-corrected chi connectivity index (χ1v) is 4.77. The maximum Gasteiger partial charge on any atom is 0.0781 e. The number of rotatable bonds is 2. The van der Waals surface area contributed by atoms with Crippen molar-refractivity contribution in [1.29, 1.82) is 0 Å². The zero-order valence-electron chi connectivity index (χ0n) is 6.09. The van der Waals surface area contributed by atoms with Crippen LogP contribution in [0.2, 0.25) is 6.55 Å². The van der Waals surface area contributed by atoms with Gasteiger partial charge in [0.15, 0.2) is 0 Å². The molecule has 0 spiro atoms. The molecule has 0 heterocycles. The van der Waals surface area contributed by atoms with Crippen molar-refractivity contribution in [2.45, 2.75) is 6.55 Å². The molecule has 0 saturated carbocycles. The number of benzene rings is 1. The smallest absolute Gasteiger partial charge is 0.0781 e. The Morgan fingerprint density at radius 1 is 1.40 bits per heavy atom. The highest BCUT2D eigenvalue weighted by Gasteiger charge is 1.92. The van der Waals surface area contributed by atoms with Gasteiger partial charge in [-0.2, -0.15) is 0 Å². The van der Waals surface area contributed by atoms with Crippen molar-refractivity contribution in [3.8, 4) is 0 Å². The summed E-state index contributed by atoms with van der Waals surface area (Å²) in [5.74, 6) is 0. The lowest BCUT2D eigenvalue weighted by molar-refractivity contribution is 1.72. The normalized spacial score (nSPS) is 9.30. The maximum absolute atomic E-state index is 3.74. The Kier molecular flexibility index (Phi) is 2.46. The Bertz CT molecular complexity index is 228. The molecule has 0 amide bonds. The van der Waals surface area contributed by atoms with E-state index in [9.17, 15) is 0 Å². The fraction of sp³-hybridized carbons (Fsp3) is 0.111. The van der Waals surface area contributed by atoms with E-state index in [-0.39, 0.29) is 0 Å². The molecule has 0 bridgehead atoms. The molecule has 0 aromatic heterocycles. The van der Waals surface area contributed by atoms with E-state index in [4.69, 9.17) is 0 Å². The van der Waals surface area contributed by atoms with Gasteiger partial charge in [-0.1, -0.05) is 48.7 Å². The molecule has 10 heavy (non-hydrogen) atoms. The van der Waals surface area contributed by atoms with Crippen LogP contribution in [-0.4, -0.2) is 9.52 Å². The Labute approximate surface area is 64.4 Å². The first-order chi connectivity index (χ1) is 4.88. The van der Waals surface area contributed by atoms with Crippen molar-refractivity contribution in [3.05, 3.63) is 36.4 Å². The van der Waals surface area contributed by atoms with Crippen LogP contribution >= 0.6 is 0 Å². The molecule has 0 N–H and O–H groups in total. The topological polar surface area (TPSA) is 0 Å². The Morgan fingerprint density at radius 3 is 2.60 bits per heavy atom. The molecule has 1 rings (SSSR count). The lowest BCUT2D eigenvalue weighted by Crippen LogP contribution is -2.13. The van der Waals surface area contributed by atoms with E-state index in [2.05, 4.69) is 31.3 Å². The minimum Gasteiger partial charge on any atom is -0.0985 e. The van der Waals surface area contributed by atoms with Gasteiger partial charge in [0.1, 0.15) is 0 Å². The predicted octanol–water partition coefficient (Wildman–Crippen LogP) is 1.71. The van der Waals surface area contributed by atoms with Gasteiger partial charge in [-0.05, 0) is 5.56 Å². The van der Waals surface area contributed by atoms with Gasteiger partial charge in [-0.3, -0.25) is 0 Å². The number of hydrogen-bond acceptors (Lipinski definition) is 0. The van der Waals surface area contributed by atoms with Crippen LogP contribution in [0.5, 0.6) is 0 Å². The monoisotopic (exact) mass is 146 g/mol. The van der Waals surface area contributed by atoms with Gasteiger partial charge in [0.25, 0.3) is 0 Å². The molecule has 1 aromatic rings. The molecule has 2 radical (unpaired) electrons. The fourth-order valence-electron chi connectivity index (χ4n) is 0.903. The van der Waals surface area contributed by atoms with E-state index in [1.165, 1.54) is 10.8 Å². The summed E-state index contributed by atoms with van der Waals surface area (Å²) >= 11 is 0. The van der Waals surface area contributed by atoms with Gasteiger partial charge in [0.05, 0.1) is 9.52 Å². The Morgan fingerprint density at radius 2 is 2.10 bits per heavy atom. The molecule has 0 nitrogen and oxygen atoms in total. The van der Waals surface area contributed by atoms with Crippen molar-refractivity contribution in [2.75, 3.05) is 0 Å². The molecule has 0 aliphatic heterocycles. The van der Waals surface area contributed by atoms with Crippen molar-refractivity contribution in [3.63, 3.8) is 0 Å². The van der Waals surface area contributed by atoms with Crippen LogP contribution in [0.25, 0.3) is 6.08 Å². The third-order valence-electron chi connectivity index (χ3n) is 1.45. The summed E-state index contributed by atoms with van der Waals surface area (Å²) in [4.78, 5) is 0.